The molecule has 35 heavy (non-hydrogen) atoms. The zero-order valence-electron chi connectivity index (χ0n) is 19.3. The summed E-state index contributed by atoms with van der Waals surface area (Å²) in [4.78, 5) is 26.1. The van der Waals surface area contributed by atoms with Crippen LogP contribution in [0.5, 0.6) is 5.75 Å². The highest BCUT2D eigenvalue weighted by atomic mass is 19.3. The molecule has 4 heterocycles. The van der Waals surface area contributed by atoms with Gasteiger partial charge in [-0.25, -0.2) is 13.8 Å². The van der Waals surface area contributed by atoms with E-state index in [-0.39, 0.29) is 5.95 Å². The summed E-state index contributed by atoms with van der Waals surface area (Å²) in [5.74, 6) is 0.675. The first-order valence-corrected chi connectivity index (χ1v) is 11.1. The fourth-order valence-electron chi connectivity index (χ4n) is 3.94. The average Bonchev–Trinajstić information content (AvgIpc) is 3.30. The first-order valence-electron chi connectivity index (χ1n) is 11.1. The van der Waals surface area contributed by atoms with Gasteiger partial charge in [0.2, 0.25) is 17.8 Å². The highest BCUT2D eigenvalue weighted by Gasteiger charge is 2.26. The number of nitrogens with zero attached hydrogens (tertiary/aromatic N) is 8. The molecule has 0 atom stereocenters. The van der Waals surface area contributed by atoms with Gasteiger partial charge in [0.1, 0.15) is 11.3 Å². The van der Waals surface area contributed by atoms with Crippen LogP contribution in [0.1, 0.15) is 17.9 Å². The van der Waals surface area contributed by atoms with Gasteiger partial charge in [-0.3, -0.25) is 9.55 Å². The summed E-state index contributed by atoms with van der Waals surface area (Å²) < 4.78 is 40.4. The molecule has 1 fully saturated rings. The fraction of sp³-hybridized carbons (Fsp3) is 0.348. The second-order valence-electron chi connectivity index (χ2n) is 7.95. The number of rotatable bonds is 7. The lowest BCUT2D eigenvalue weighted by atomic mass is 10.3. The number of anilines is 2. The second kappa shape index (κ2) is 9.74. The number of benzene rings is 1. The maximum Gasteiger partial charge on any atom is 0.296 e. The number of imidazole rings is 1. The number of hydrogen-bond donors (Lipinski definition) is 0. The van der Waals surface area contributed by atoms with E-state index in [1.165, 1.54) is 11.7 Å². The quantitative estimate of drug-likeness (QED) is 0.394. The number of para-hydroxylation sites is 1. The molecule has 0 saturated carbocycles. The van der Waals surface area contributed by atoms with Gasteiger partial charge in [-0.2, -0.15) is 15.0 Å². The minimum absolute atomic E-state index is 0.0513. The van der Waals surface area contributed by atoms with E-state index in [1.54, 1.807) is 29.3 Å². The van der Waals surface area contributed by atoms with Crippen LogP contribution in [-0.4, -0.2) is 69.9 Å². The Morgan fingerprint density at radius 1 is 1.03 bits per heavy atom. The number of morpholine rings is 1. The van der Waals surface area contributed by atoms with Crippen LogP contribution < -0.4 is 14.5 Å². The summed E-state index contributed by atoms with van der Waals surface area (Å²) in [6, 6.07) is 10.7. The number of pyridine rings is 1. The molecule has 1 saturated heterocycles. The molecule has 0 bridgehead atoms. The molecule has 0 spiro atoms. The van der Waals surface area contributed by atoms with Crippen molar-refractivity contribution in [3.05, 3.63) is 54.1 Å². The molecule has 0 radical (unpaired) electrons. The van der Waals surface area contributed by atoms with Crippen molar-refractivity contribution in [1.29, 1.82) is 0 Å². The van der Waals surface area contributed by atoms with Crippen LogP contribution in [-0.2, 0) is 11.3 Å². The van der Waals surface area contributed by atoms with Crippen molar-refractivity contribution >= 4 is 22.9 Å². The predicted octanol–water partition coefficient (Wildman–Crippen LogP) is 3.02. The van der Waals surface area contributed by atoms with Gasteiger partial charge in [-0.05, 0) is 24.3 Å². The van der Waals surface area contributed by atoms with Crippen molar-refractivity contribution in [3.63, 3.8) is 0 Å². The van der Waals surface area contributed by atoms with Crippen LogP contribution in [0.3, 0.4) is 0 Å². The lowest BCUT2D eigenvalue weighted by Crippen LogP contribution is -2.38. The summed E-state index contributed by atoms with van der Waals surface area (Å²) >= 11 is 0. The van der Waals surface area contributed by atoms with Crippen molar-refractivity contribution in [2.24, 2.45) is 0 Å². The van der Waals surface area contributed by atoms with Crippen molar-refractivity contribution in [2.45, 2.75) is 13.0 Å². The minimum atomic E-state index is -2.86. The van der Waals surface area contributed by atoms with E-state index in [9.17, 15) is 8.78 Å². The largest absolute Gasteiger partial charge is 0.494 e. The van der Waals surface area contributed by atoms with Gasteiger partial charge in [-0.15, -0.1) is 0 Å². The number of methoxy groups -OCH3 is 1. The van der Waals surface area contributed by atoms with Gasteiger partial charge in [0.25, 0.3) is 6.43 Å². The molecular formula is C23H24F2N8O2. The number of hydrogen-bond acceptors (Lipinski definition) is 9. The Kier molecular flexibility index (Phi) is 6.36. The normalized spacial score (nSPS) is 14.0. The monoisotopic (exact) mass is 482 g/mol. The molecule has 10 nitrogen and oxygen atoms in total. The van der Waals surface area contributed by atoms with Crippen LogP contribution in [0.4, 0.5) is 20.7 Å². The maximum absolute atomic E-state index is 14.1. The van der Waals surface area contributed by atoms with Crippen LogP contribution >= 0.6 is 0 Å². The number of alkyl halides is 2. The Balaban J connectivity index is 1.66. The third-order valence-corrected chi connectivity index (χ3v) is 5.65. The highest BCUT2D eigenvalue weighted by molar-refractivity contribution is 5.84. The zero-order valence-corrected chi connectivity index (χ0v) is 19.3. The van der Waals surface area contributed by atoms with E-state index in [2.05, 4.69) is 24.9 Å². The second-order valence-corrected chi connectivity index (χ2v) is 7.95. The van der Waals surface area contributed by atoms with Gasteiger partial charge in [0, 0.05) is 26.3 Å². The van der Waals surface area contributed by atoms with Gasteiger partial charge in [-0.1, -0.05) is 12.1 Å². The Morgan fingerprint density at radius 3 is 2.54 bits per heavy atom. The van der Waals surface area contributed by atoms with E-state index < -0.39 is 12.2 Å². The SMILES string of the molecule is COc1cccc2c1nc(C(F)F)n2-c1nc(N(C)Cc2ccccn2)nc(N2CCOCC2)n1. The van der Waals surface area contributed by atoms with Crippen molar-refractivity contribution in [3.8, 4) is 11.7 Å². The Labute approximate surface area is 200 Å². The summed E-state index contributed by atoms with van der Waals surface area (Å²) in [5, 5.41) is 0. The van der Waals surface area contributed by atoms with Gasteiger partial charge in [0.05, 0.1) is 38.1 Å². The van der Waals surface area contributed by atoms with E-state index in [1.807, 2.05) is 30.1 Å². The van der Waals surface area contributed by atoms with Crippen LogP contribution in [0.2, 0.25) is 0 Å². The molecule has 3 aromatic heterocycles. The first kappa shape index (κ1) is 22.8. The lowest BCUT2D eigenvalue weighted by Gasteiger charge is -2.28. The van der Waals surface area contributed by atoms with Crippen molar-refractivity contribution in [1.82, 2.24) is 29.5 Å². The molecule has 0 N–H and O–H groups in total. The smallest absolute Gasteiger partial charge is 0.296 e. The number of aromatic nitrogens is 6. The number of ether oxygens (including phenoxy) is 2. The third-order valence-electron chi connectivity index (χ3n) is 5.65. The molecule has 1 aliphatic rings. The molecule has 0 aliphatic carbocycles. The Bertz CT molecular complexity index is 1310. The Hall–Kier alpha value is -3.93. The van der Waals surface area contributed by atoms with Gasteiger partial charge >= 0.3 is 0 Å². The van der Waals surface area contributed by atoms with Gasteiger partial charge < -0.3 is 19.3 Å². The van der Waals surface area contributed by atoms with Crippen molar-refractivity contribution in [2.75, 3.05) is 50.3 Å². The number of halogens is 2. The number of fused-ring (bicyclic) bond motifs is 1. The van der Waals surface area contributed by atoms with Gasteiger partial charge in [0.15, 0.2) is 5.82 Å². The van der Waals surface area contributed by atoms with E-state index in [0.29, 0.717) is 61.5 Å². The summed E-state index contributed by atoms with van der Waals surface area (Å²) in [5.41, 5.74) is 1.54. The molecule has 1 aliphatic heterocycles. The molecule has 0 unspecified atom stereocenters. The van der Waals surface area contributed by atoms with Crippen LogP contribution in [0.25, 0.3) is 17.0 Å². The average molecular weight is 482 g/mol. The lowest BCUT2D eigenvalue weighted by molar-refractivity contribution is 0.122. The zero-order chi connectivity index (χ0) is 24.4. The Morgan fingerprint density at radius 2 is 1.83 bits per heavy atom. The molecule has 4 aromatic rings. The summed E-state index contributed by atoms with van der Waals surface area (Å²) in [6.45, 7) is 2.62. The molecule has 1 aromatic carbocycles. The van der Waals surface area contributed by atoms with E-state index in [4.69, 9.17) is 9.47 Å². The third kappa shape index (κ3) is 4.56. The maximum atomic E-state index is 14.1. The van der Waals surface area contributed by atoms with Crippen molar-refractivity contribution < 1.29 is 18.3 Å². The predicted molar refractivity (Wildman–Crippen MR) is 125 cm³/mol. The minimum Gasteiger partial charge on any atom is -0.494 e. The van der Waals surface area contributed by atoms with E-state index in [0.717, 1.165) is 5.69 Å². The highest BCUT2D eigenvalue weighted by Crippen LogP contribution is 2.32. The standard InChI is InChI=1S/C23H24F2N8O2/c1-31(14-15-6-3-4-9-26-15)21-28-22(32-10-12-35-13-11-32)30-23(29-21)33-16-7-5-8-17(34-2)18(16)27-20(33)19(24)25/h3-9,19H,10-14H2,1-2H3. The van der Waals surface area contributed by atoms with Crippen LogP contribution in [0, 0.1) is 0 Å². The van der Waals surface area contributed by atoms with E-state index >= 15 is 0 Å². The summed E-state index contributed by atoms with van der Waals surface area (Å²) in [7, 11) is 3.29. The topological polar surface area (TPSA) is 94.3 Å². The molecule has 5 rings (SSSR count). The fourth-order valence-corrected chi connectivity index (χ4v) is 3.94. The molecule has 12 heteroatoms. The molecule has 182 valence electrons. The molecule has 0 amide bonds. The van der Waals surface area contributed by atoms with Crippen LogP contribution in [0.15, 0.2) is 42.6 Å². The first-order chi connectivity index (χ1) is 17.0. The molecular weight excluding hydrogens is 458 g/mol. The summed E-state index contributed by atoms with van der Waals surface area (Å²) in [6.07, 6.45) is -1.15.